The second-order valence-electron chi connectivity index (χ2n) is 4.48. The van der Waals surface area contributed by atoms with E-state index in [0.29, 0.717) is 6.54 Å². The van der Waals surface area contributed by atoms with Crippen LogP contribution in [0.2, 0.25) is 0 Å². The minimum atomic E-state index is -0.254. The summed E-state index contributed by atoms with van der Waals surface area (Å²) in [5.74, 6) is -0.381. The fourth-order valence-electron chi connectivity index (χ4n) is 2.13. The number of aliphatic hydroxyl groups is 1. The first-order valence-corrected chi connectivity index (χ1v) is 5.79. The number of carbonyl (C=O) groups excluding carboxylic acids is 1. The molecule has 0 saturated carbocycles. The summed E-state index contributed by atoms with van der Waals surface area (Å²) in [4.78, 5) is 13.2. The van der Waals surface area contributed by atoms with Gasteiger partial charge in [0.25, 0.3) is 0 Å². The van der Waals surface area contributed by atoms with Crippen LogP contribution in [0.5, 0.6) is 0 Å². The summed E-state index contributed by atoms with van der Waals surface area (Å²) in [5, 5.41) is 9.28. The minimum Gasteiger partial charge on any atom is -0.395 e. The number of aliphatic hydroxyl groups excluding tert-OH is 1. The van der Waals surface area contributed by atoms with Gasteiger partial charge in [-0.25, -0.2) is 0 Å². The zero-order chi connectivity index (χ0) is 11.3. The predicted octanol–water partition coefficient (Wildman–Crippen LogP) is 0.345. The molecule has 1 aliphatic rings. The second kappa shape index (κ2) is 6.08. The predicted molar refractivity (Wildman–Crippen MR) is 59.3 cm³/mol. The first-order valence-electron chi connectivity index (χ1n) is 5.79. The van der Waals surface area contributed by atoms with E-state index in [0.717, 1.165) is 19.4 Å². The molecule has 4 nitrogen and oxygen atoms in total. The molecule has 2 unspecified atom stereocenters. The van der Waals surface area contributed by atoms with E-state index in [1.807, 2.05) is 6.92 Å². The van der Waals surface area contributed by atoms with Crippen molar-refractivity contribution >= 4 is 5.91 Å². The smallest absolute Gasteiger partial charge is 0.221 e. The fraction of sp³-hybridized carbons (Fsp3) is 0.909. The van der Waals surface area contributed by atoms with Crippen molar-refractivity contribution in [1.82, 2.24) is 4.90 Å². The average Bonchev–Trinajstić information content (AvgIpc) is 2.42. The Morgan fingerprint density at radius 2 is 2.27 bits per heavy atom. The molecule has 1 amide bonds. The number of carbonyl (C=O) groups is 1. The molecule has 0 aliphatic carbocycles. The van der Waals surface area contributed by atoms with E-state index in [1.165, 1.54) is 12.8 Å². The van der Waals surface area contributed by atoms with E-state index in [9.17, 15) is 9.90 Å². The van der Waals surface area contributed by atoms with Crippen LogP contribution in [0.3, 0.4) is 0 Å². The number of primary amides is 1. The molecule has 2 atom stereocenters. The zero-order valence-electron chi connectivity index (χ0n) is 9.48. The van der Waals surface area contributed by atoms with Crippen LogP contribution >= 0.6 is 0 Å². The lowest BCUT2D eigenvalue weighted by Gasteiger charge is -2.29. The van der Waals surface area contributed by atoms with Gasteiger partial charge in [0.15, 0.2) is 0 Å². The number of hydrogen-bond donors (Lipinski definition) is 2. The first-order chi connectivity index (χ1) is 7.15. The Kier molecular flexibility index (Phi) is 5.05. The van der Waals surface area contributed by atoms with Crippen LogP contribution in [0.1, 0.15) is 32.6 Å². The molecule has 1 heterocycles. The quantitative estimate of drug-likeness (QED) is 0.709. The van der Waals surface area contributed by atoms with Crippen LogP contribution in [-0.4, -0.2) is 41.7 Å². The van der Waals surface area contributed by atoms with Gasteiger partial charge in [0.05, 0.1) is 6.61 Å². The van der Waals surface area contributed by atoms with Gasteiger partial charge >= 0.3 is 0 Å². The Balaban J connectivity index is 2.51. The van der Waals surface area contributed by atoms with Gasteiger partial charge in [-0.3, -0.25) is 9.69 Å². The molecule has 1 saturated heterocycles. The van der Waals surface area contributed by atoms with Crippen molar-refractivity contribution in [3.05, 3.63) is 0 Å². The summed E-state index contributed by atoms with van der Waals surface area (Å²) in [5.41, 5.74) is 5.25. The number of nitrogens with two attached hydrogens (primary N) is 1. The average molecular weight is 214 g/mol. The molecule has 0 radical (unpaired) electrons. The molecule has 0 aromatic carbocycles. The van der Waals surface area contributed by atoms with Gasteiger partial charge in [-0.15, -0.1) is 0 Å². The number of rotatable bonds is 4. The maximum Gasteiger partial charge on any atom is 0.221 e. The second-order valence-corrected chi connectivity index (χ2v) is 4.48. The van der Waals surface area contributed by atoms with Crippen molar-refractivity contribution in [2.75, 3.05) is 19.7 Å². The topological polar surface area (TPSA) is 66.6 Å². The van der Waals surface area contributed by atoms with Crippen molar-refractivity contribution in [1.29, 1.82) is 0 Å². The number of hydrogen-bond acceptors (Lipinski definition) is 3. The maximum absolute atomic E-state index is 11.0. The van der Waals surface area contributed by atoms with Gasteiger partial charge in [0.2, 0.25) is 5.91 Å². The molecule has 0 bridgehead atoms. The summed E-state index contributed by atoms with van der Waals surface area (Å²) < 4.78 is 0. The lowest BCUT2D eigenvalue weighted by molar-refractivity contribution is -0.122. The Bertz CT molecular complexity index is 209. The van der Waals surface area contributed by atoms with E-state index < -0.39 is 0 Å². The monoisotopic (exact) mass is 214 g/mol. The van der Waals surface area contributed by atoms with Crippen molar-refractivity contribution in [3.8, 4) is 0 Å². The molecule has 0 aromatic rings. The van der Waals surface area contributed by atoms with E-state index in [2.05, 4.69) is 4.90 Å². The normalized spacial score (nSPS) is 25.9. The number of likely N-dealkylation sites (tertiary alicyclic amines) is 1. The van der Waals surface area contributed by atoms with Gasteiger partial charge in [-0.2, -0.15) is 0 Å². The molecule has 1 aliphatic heterocycles. The molecule has 1 fully saturated rings. The van der Waals surface area contributed by atoms with Crippen molar-refractivity contribution in [3.63, 3.8) is 0 Å². The summed E-state index contributed by atoms with van der Waals surface area (Å²) in [6, 6.07) is 0.217. The highest BCUT2D eigenvalue weighted by atomic mass is 16.3. The highest BCUT2D eigenvalue weighted by molar-refractivity contribution is 5.76. The zero-order valence-corrected chi connectivity index (χ0v) is 9.48. The highest BCUT2D eigenvalue weighted by Crippen LogP contribution is 2.17. The lowest BCUT2D eigenvalue weighted by Crippen LogP contribution is -2.42. The fourth-order valence-corrected chi connectivity index (χ4v) is 2.13. The molecule has 3 N–H and O–H groups in total. The van der Waals surface area contributed by atoms with Crippen molar-refractivity contribution in [2.45, 2.75) is 38.6 Å². The van der Waals surface area contributed by atoms with E-state index in [1.54, 1.807) is 0 Å². The van der Waals surface area contributed by atoms with Crippen LogP contribution in [0.4, 0.5) is 0 Å². The summed E-state index contributed by atoms with van der Waals surface area (Å²) in [6.07, 6.45) is 4.58. The lowest BCUT2D eigenvalue weighted by atomic mass is 10.1. The number of nitrogens with zero attached hydrogens (tertiary/aromatic N) is 1. The molecule has 0 spiro atoms. The molecular formula is C11H22N2O2. The van der Waals surface area contributed by atoms with Gasteiger partial charge in [-0.05, 0) is 19.4 Å². The van der Waals surface area contributed by atoms with Crippen LogP contribution in [0.15, 0.2) is 0 Å². The van der Waals surface area contributed by atoms with E-state index in [4.69, 9.17) is 5.73 Å². The Hall–Kier alpha value is -0.610. The molecule has 15 heavy (non-hydrogen) atoms. The molecule has 1 rings (SSSR count). The van der Waals surface area contributed by atoms with E-state index >= 15 is 0 Å². The molecule has 0 aromatic heterocycles. The van der Waals surface area contributed by atoms with Crippen molar-refractivity contribution in [2.24, 2.45) is 11.7 Å². The molecular weight excluding hydrogens is 192 g/mol. The first kappa shape index (κ1) is 12.5. The molecule has 88 valence electrons. The Morgan fingerprint density at radius 1 is 1.53 bits per heavy atom. The summed E-state index contributed by atoms with van der Waals surface area (Å²) in [6.45, 7) is 3.69. The SMILES string of the molecule is CC(CN1CCCCCC1CO)C(N)=O. The summed E-state index contributed by atoms with van der Waals surface area (Å²) >= 11 is 0. The Labute approximate surface area is 91.4 Å². The maximum atomic E-state index is 11.0. The van der Waals surface area contributed by atoms with Gasteiger partial charge in [0.1, 0.15) is 0 Å². The largest absolute Gasteiger partial charge is 0.395 e. The standard InChI is InChI=1S/C11H22N2O2/c1-9(11(12)15)7-13-6-4-2-3-5-10(13)8-14/h9-10,14H,2-8H2,1H3,(H2,12,15). The van der Waals surface area contributed by atoms with Crippen LogP contribution in [0, 0.1) is 5.92 Å². The van der Waals surface area contributed by atoms with Gasteiger partial charge in [-0.1, -0.05) is 19.8 Å². The minimum absolute atomic E-state index is 0.128. The highest BCUT2D eigenvalue weighted by Gasteiger charge is 2.23. The third-order valence-electron chi connectivity index (χ3n) is 3.20. The number of amides is 1. The van der Waals surface area contributed by atoms with Crippen LogP contribution in [0.25, 0.3) is 0 Å². The third-order valence-corrected chi connectivity index (χ3v) is 3.20. The van der Waals surface area contributed by atoms with E-state index in [-0.39, 0.29) is 24.5 Å². The van der Waals surface area contributed by atoms with Crippen LogP contribution in [-0.2, 0) is 4.79 Å². The van der Waals surface area contributed by atoms with Crippen LogP contribution < -0.4 is 5.73 Å². The van der Waals surface area contributed by atoms with Gasteiger partial charge < -0.3 is 10.8 Å². The third kappa shape index (κ3) is 3.80. The Morgan fingerprint density at radius 3 is 2.87 bits per heavy atom. The summed E-state index contributed by atoms with van der Waals surface area (Å²) in [7, 11) is 0. The molecule has 4 heteroatoms. The van der Waals surface area contributed by atoms with Gasteiger partial charge in [0, 0.05) is 18.5 Å². The van der Waals surface area contributed by atoms with Crippen molar-refractivity contribution < 1.29 is 9.90 Å².